The van der Waals surface area contributed by atoms with Crippen LogP contribution < -0.4 is 0 Å². The summed E-state index contributed by atoms with van der Waals surface area (Å²) in [5.74, 6) is 0.304. The SMILES string of the molecule is CCN(CCCl)S(=O)(=O)c1ccc(C)cc1. The minimum Gasteiger partial charge on any atom is -0.207 e. The van der Waals surface area contributed by atoms with Gasteiger partial charge in [-0.25, -0.2) is 8.42 Å². The third-order valence-electron chi connectivity index (χ3n) is 2.35. The number of sulfonamides is 1. The van der Waals surface area contributed by atoms with Crippen molar-refractivity contribution >= 4 is 21.6 Å². The van der Waals surface area contributed by atoms with Crippen LogP contribution in [-0.4, -0.2) is 31.7 Å². The zero-order valence-electron chi connectivity index (χ0n) is 9.48. The molecule has 0 unspecified atom stereocenters. The number of hydrogen-bond donors (Lipinski definition) is 0. The number of rotatable bonds is 5. The molecule has 90 valence electrons. The summed E-state index contributed by atoms with van der Waals surface area (Å²) < 4.78 is 25.6. The lowest BCUT2D eigenvalue weighted by Crippen LogP contribution is -2.32. The molecule has 1 rings (SSSR count). The molecule has 0 spiro atoms. The summed E-state index contributed by atoms with van der Waals surface area (Å²) in [6.45, 7) is 4.50. The van der Waals surface area contributed by atoms with Crippen LogP contribution in [0.4, 0.5) is 0 Å². The van der Waals surface area contributed by atoms with Crippen LogP contribution >= 0.6 is 11.6 Å². The molecule has 0 bridgehead atoms. The Kier molecular flexibility index (Phi) is 4.77. The molecule has 16 heavy (non-hydrogen) atoms. The van der Waals surface area contributed by atoms with Crippen LogP contribution in [0.25, 0.3) is 0 Å². The van der Waals surface area contributed by atoms with Gasteiger partial charge < -0.3 is 0 Å². The molecule has 0 amide bonds. The first-order valence-corrected chi connectivity index (χ1v) is 7.12. The molecule has 5 heteroatoms. The van der Waals surface area contributed by atoms with Crippen molar-refractivity contribution < 1.29 is 8.42 Å². The lowest BCUT2D eigenvalue weighted by atomic mass is 10.2. The van der Waals surface area contributed by atoms with Gasteiger partial charge in [-0.1, -0.05) is 24.6 Å². The highest BCUT2D eigenvalue weighted by Crippen LogP contribution is 2.15. The first kappa shape index (κ1) is 13.5. The number of benzene rings is 1. The van der Waals surface area contributed by atoms with Crippen molar-refractivity contribution in [3.63, 3.8) is 0 Å². The van der Waals surface area contributed by atoms with E-state index in [1.807, 2.05) is 6.92 Å². The summed E-state index contributed by atoms with van der Waals surface area (Å²) in [5.41, 5.74) is 1.04. The van der Waals surface area contributed by atoms with Crippen LogP contribution in [0.5, 0.6) is 0 Å². The van der Waals surface area contributed by atoms with E-state index in [0.717, 1.165) is 5.56 Å². The Bertz CT molecular complexity index is 428. The van der Waals surface area contributed by atoms with Gasteiger partial charge in [0, 0.05) is 19.0 Å². The Morgan fingerprint density at radius 3 is 2.25 bits per heavy atom. The van der Waals surface area contributed by atoms with Gasteiger partial charge in [-0.2, -0.15) is 4.31 Å². The second-order valence-electron chi connectivity index (χ2n) is 3.50. The summed E-state index contributed by atoms with van der Waals surface area (Å²) in [7, 11) is -3.38. The zero-order valence-corrected chi connectivity index (χ0v) is 11.1. The second-order valence-corrected chi connectivity index (χ2v) is 5.81. The lowest BCUT2D eigenvalue weighted by Gasteiger charge is -2.19. The Hall–Kier alpha value is -0.580. The van der Waals surface area contributed by atoms with Crippen LogP contribution in [0.15, 0.2) is 29.2 Å². The highest BCUT2D eigenvalue weighted by atomic mass is 35.5. The van der Waals surface area contributed by atoms with Crippen LogP contribution in [0, 0.1) is 6.92 Å². The fraction of sp³-hybridized carbons (Fsp3) is 0.455. The predicted octanol–water partition coefficient (Wildman–Crippen LogP) is 2.24. The van der Waals surface area contributed by atoms with Crippen molar-refractivity contribution in [1.82, 2.24) is 4.31 Å². The summed E-state index contributed by atoms with van der Waals surface area (Å²) in [4.78, 5) is 0.324. The van der Waals surface area contributed by atoms with Gasteiger partial charge in [0.1, 0.15) is 0 Å². The fourth-order valence-electron chi connectivity index (χ4n) is 1.40. The van der Waals surface area contributed by atoms with Crippen LogP contribution in [0.3, 0.4) is 0 Å². The molecular formula is C11H16ClNO2S. The highest BCUT2D eigenvalue weighted by molar-refractivity contribution is 7.89. The Balaban J connectivity index is 3.04. The van der Waals surface area contributed by atoms with Crippen LogP contribution in [0.1, 0.15) is 12.5 Å². The average Bonchev–Trinajstić information content (AvgIpc) is 2.26. The standard InChI is InChI=1S/C11H16ClNO2S/c1-3-13(9-8-12)16(14,15)11-6-4-10(2)5-7-11/h4-7H,3,8-9H2,1-2H3. The van der Waals surface area contributed by atoms with Gasteiger partial charge in [0.05, 0.1) is 4.90 Å². The third kappa shape index (κ3) is 2.97. The zero-order chi connectivity index (χ0) is 12.2. The van der Waals surface area contributed by atoms with E-state index in [2.05, 4.69) is 0 Å². The maximum atomic E-state index is 12.1. The number of hydrogen-bond acceptors (Lipinski definition) is 2. The molecule has 3 nitrogen and oxygen atoms in total. The van der Waals surface area contributed by atoms with E-state index < -0.39 is 10.0 Å². The summed E-state index contributed by atoms with van der Waals surface area (Å²) >= 11 is 5.59. The quantitative estimate of drug-likeness (QED) is 0.763. The number of aryl methyl sites for hydroxylation is 1. The Labute approximate surface area is 102 Å². The molecular weight excluding hydrogens is 246 g/mol. The number of nitrogens with zero attached hydrogens (tertiary/aromatic N) is 1. The second kappa shape index (κ2) is 5.66. The molecule has 0 heterocycles. The van der Waals surface area contributed by atoms with E-state index >= 15 is 0 Å². The normalized spacial score (nSPS) is 12.0. The number of alkyl halides is 1. The van der Waals surface area contributed by atoms with E-state index in [1.165, 1.54) is 4.31 Å². The monoisotopic (exact) mass is 261 g/mol. The molecule has 0 radical (unpaired) electrons. The average molecular weight is 262 g/mol. The highest BCUT2D eigenvalue weighted by Gasteiger charge is 2.21. The molecule has 0 aromatic heterocycles. The van der Waals surface area contributed by atoms with Crippen LogP contribution in [-0.2, 0) is 10.0 Å². The van der Waals surface area contributed by atoms with Crippen molar-refractivity contribution in [2.75, 3.05) is 19.0 Å². The predicted molar refractivity (Wildman–Crippen MR) is 66.3 cm³/mol. The summed E-state index contributed by atoms with van der Waals surface area (Å²) in [6.07, 6.45) is 0. The van der Waals surface area contributed by atoms with E-state index in [1.54, 1.807) is 31.2 Å². The molecule has 0 saturated carbocycles. The largest absolute Gasteiger partial charge is 0.243 e. The van der Waals surface area contributed by atoms with E-state index in [-0.39, 0.29) is 0 Å². The van der Waals surface area contributed by atoms with Crippen molar-refractivity contribution in [2.45, 2.75) is 18.7 Å². The molecule has 0 saturated heterocycles. The van der Waals surface area contributed by atoms with Gasteiger partial charge in [-0.15, -0.1) is 11.6 Å². The Morgan fingerprint density at radius 1 is 1.25 bits per heavy atom. The first-order chi connectivity index (χ1) is 7.52. The van der Waals surface area contributed by atoms with Crippen molar-refractivity contribution in [2.24, 2.45) is 0 Å². The molecule has 1 aromatic rings. The van der Waals surface area contributed by atoms with Gasteiger partial charge in [0.2, 0.25) is 10.0 Å². The molecule has 0 aliphatic rings. The topological polar surface area (TPSA) is 37.4 Å². The lowest BCUT2D eigenvalue weighted by molar-refractivity contribution is 0.447. The van der Waals surface area contributed by atoms with Gasteiger partial charge >= 0.3 is 0 Å². The fourth-order valence-corrected chi connectivity index (χ4v) is 3.16. The summed E-state index contributed by atoms with van der Waals surface area (Å²) in [5, 5.41) is 0. The first-order valence-electron chi connectivity index (χ1n) is 5.15. The molecule has 0 aliphatic carbocycles. The maximum absolute atomic E-state index is 12.1. The molecule has 0 atom stereocenters. The molecule has 0 fully saturated rings. The van der Waals surface area contributed by atoms with Crippen molar-refractivity contribution in [3.8, 4) is 0 Å². The maximum Gasteiger partial charge on any atom is 0.243 e. The summed E-state index contributed by atoms with van der Waals surface area (Å²) in [6, 6.07) is 6.84. The van der Waals surface area contributed by atoms with E-state index in [4.69, 9.17) is 11.6 Å². The molecule has 0 N–H and O–H groups in total. The van der Waals surface area contributed by atoms with Crippen molar-refractivity contribution in [3.05, 3.63) is 29.8 Å². The third-order valence-corrected chi connectivity index (χ3v) is 4.50. The molecule has 1 aromatic carbocycles. The van der Waals surface area contributed by atoms with E-state index in [0.29, 0.717) is 23.9 Å². The smallest absolute Gasteiger partial charge is 0.207 e. The van der Waals surface area contributed by atoms with Crippen LogP contribution in [0.2, 0.25) is 0 Å². The van der Waals surface area contributed by atoms with Gasteiger partial charge in [0.25, 0.3) is 0 Å². The number of halogens is 1. The van der Waals surface area contributed by atoms with Crippen molar-refractivity contribution in [1.29, 1.82) is 0 Å². The minimum absolute atomic E-state index is 0.304. The van der Waals surface area contributed by atoms with Gasteiger partial charge in [0.15, 0.2) is 0 Å². The Morgan fingerprint density at radius 2 is 1.81 bits per heavy atom. The van der Waals surface area contributed by atoms with E-state index in [9.17, 15) is 8.42 Å². The van der Waals surface area contributed by atoms with Gasteiger partial charge in [-0.3, -0.25) is 0 Å². The minimum atomic E-state index is -3.38. The van der Waals surface area contributed by atoms with Gasteiger partial charge in [-0.05, 0) is 19.1 Å². The molecule has 0 aliphatic heterocycles.